The van der Waals surface area contributed by atoms with E-state index in [-0.39, 0.29) is 142 Å². The first-order valence-electron chi connectivity index (χ1n) is 31.5. The van der Waals surface area contributed by atoms with Gasteiger partial charge in [0.15, 0.2) is 10.1 Å². The minimum absolute atomic E-state index is 0. The number of nitrogens with zero attached hydrogens (tertiary/aromatic N) is 8. The number of carbonyl (C=O) groups is 1. The molecule has 591 valence electrons. The minimum atomic E-state index is -6.09. The molecule has 0 amide bonds. The van der Waals surface area contributed by atoms with Gasteiger partial charge in [-0.25, -0.2) is 8.42 Å². The second-order valence-electron chi connectivity index (χ2n) is 22.0. The zero-order chi connectivity index (χ0) is 74.9. The molecule has 0 aliphatic rings. The Morgan fingerprint density at radius 3 is 0.829 bits per heavy atom. The van der Waals surface area contributed by atoms with Gasteiger partial charge in [0.25, 0.3) is 0 Å². The van der Waals surface area contributed by atoms with E-state index in [4.69, 9.17) is 17.7 Å². The number of aliphatic imine (C=N–C) groups is 2. The van der Waals surface area contributed by atoms with Crippen molar-refractivity contribution in [3.8, 4) is 33.4 Å². The zero-order valence-electron chi connectivity index (χ0n) is 58.8. The van der Waals surface area contributed by atoms with Gasteiger partial charge in [-0.05, 0) is 205 Å². The maximum absolute atomic E-state index is 16.0. The van der Waals surface area contributed by atoms with Crippen molar-refractivity contribution in [1.82, 2.24) is 29.9 Å². The standard InChI is InChI=1S/C57H39N6O3.C8H5F3O2.C7H14N2O2.C4H10O.CHF3O3S.4Mn.4O/c64-55(49-25-7-13-31-58-49,50-26-8-14-32-59-50)46-22-4-1-19-43(46)40-37-41(44-20-2-5-23-47(44)56(65,51-27-9-15-33-60-51)52-28-10-16-34-61-52)39-42(38-40)45-21-3-6-24-48(45)57(66,53-29-11-17-35-62-53)54-30-12-18-36-63-54;9-8(10,11)6-3-1-5(2-4-6)7(12)13;1-6(10)8-4-3-5-9-7(2)11;1-3-5-4-2;2-1(3,4)8(5,6)7;;;;;;;;/h1-39H;1-4H,(H,12,13);3-5H2,1-2H3,(H,8,10)(H,9,11);3-4H2,1-2H3;(H,5,6,7);;;;;;;;/q-3;;;;;;;;+3;4*-2/p-4. The topological polar surface area (TPSA) is 438 Å². The number of hydrogen-bond acceptors (Lipinski definition) is 19. The van der Waals surface area contributed by atoms with E-state index in [1.807, 2.05) is 105 Å². The van der Waals surface area contributed by atoms with E-state index in [0.717, 1.165) is 25.3 Å². The van der Waals surface area contributed by atoms with Gasteiger partial charge in [-0.2, -0.15) is 26.3 Å². The molecule has 0 bridgehead atoms. The van der Waals surface area contributed by atoms with Gasteiger partial charge in [0.1, 0.15) is 0 Å². The fraction of sp³-hybridized carbons (Fsp3) is 0.182. The van der Waals surface area contributed by atoms with Crippen LogP contribution in [0, 0.1) is 0 Å². The van der Waals surface area contributed by atoms with Crippen LogP contribution in [0.1, 0.15) is 101 Å². The summed E-state index contributed by atoms with van der Waals surface area (Å²) in [4.78, 5) is 45.1. The average Bonchev–Trinajstić information content (AvgIpc) is 0.749. The number of rotatable bonds is 19. The van der Waals surface area contributed by atoms with Crippen molar-refractivity contribution >= 4 is 27.9 Å². The Hall–Kier alpha value is -9.34. The SMILES string of the molecule is CC([O-])=NCCCN=C(C)[O-].CCOCC.O=C([O-])c1ccc(C(F)(F)F)cc1.O=S(=O)([O-])C(F)(F)F.[Mn+3].[Mn].[Mn].[Mn].[O-2].[O-2].[O-2].[O-2].[O-]C(c1ccccn1)(c1ccccn1)c1ccccc1-c1cc(-c2ccccc2C([O-])(c2ccccn2)c2ccccn2)cc(-c2ccccc2C([O-])(c2ccccn2)c2ccccn2)c1. The van der Waals surface area contributed by atoms with E-state index in [9.17, 15) is 46.5 Å². The molecule has 0 saturated carbocycles. The molecule has 0 spiro atoms. The summed E-state index contributed by atoms with van der Waals surface area (Å²) in [6.45, 7) is 9.41. The Labute approximate surface area is 678 Å². The molecule has 0 aliphatic heterocycles. The number of aromatic nitrogens is 6. The summed E-state index contributed by atoms with van der Waals surface area (Å²) in [7, 11) is -6.09. The van der Waals surface area contributed by atoms with Gasteiger partial charge in [0, 0.05) is 166 Å². The first-order chi connectivity index (χ1) is 49.1. The summed E-state index contributed by atoms with van der Waals surface area (Å²) in [5, 5.41) is 78.6. The van der Waals surface area contributed by atoms with E-state index in [1.165, 1.54) is 13.8 Å². The van der Waals surface area contributed by atoms with Crippen molar-refractivity contribution in [3.63, 3.8) is 0 Å². The van der Waals surface area contributed by atoms with Gasteiger partial charge < -0.3 is 76.6 Å². The van der Waals surface area contributed by atoms with Crippen LogP contribution in [0.4, 0.5) is 26.3 Å². The maximum atomic E-state index is 16.0. The summed E-state index contributed by atoms with van der Waals surface area (Å²) in [6, 6.07) is 63.2. The van der Waals surface area contributed by atoms with Crippen LogP contribution in [0.2, 0.25) is 0 Å². The molecule has 6 heterocycles. The second-order valence-corrected chi connectivity index (χ2v) is 23.3. The average molecular weight is 1710 g/mol. The van der Waals surface area contributed by atoms with Crippen LogP contribution in [0.25, 0.3) is 33.4 Å². The van der Waals surface area contributed by atoms with Crippen molar-refractivity contribution in [2.24, 2.45) is 9.98 Å². The van der Waals surface area contributed by atoms with Crippen LogP contribution in [0.3, 0.4) is 0 Å². The summed E-state index contributed by atoms with van der Waals surface area (Å²) >= 11 is 0. The van der Waals surface area contributed by atoms with Gasteiger partial charge in [0.05, 0.1) is 11.5 Å². The molecule has 0 unspecified atom stereocenters. The maximum Gasteiger partial charge on any atom is 3.00 e. The van der Waals surface area contributed by atoms with Gasteiger partial charge in [-0.1, -0.05) is 121 Å². The van der Waals surface area contributed by atoms with E-state index in [0.29, 0.717) is 81.7 Å². The van der Waals surface area contributed by atoms with E-state index < -0.39 is 50.1 Å². The number of halogens is 6. The number of pyridine rings is 6. The number of hydrogen-bond donors (Lipinski definition) is 0. The first-order valence-corrected chi connectivity index (χ1v) is 32.9. The molecule has 11 rings (SSSR count). The third kappa shape index (κ3) is 27.5. The van der Waals surface area contributed by atoms with E-state index in [1.54, 1.807) is 146 Å². The van der Waals surface area contributed by atoms with Crippen molar-refractivity contribution in [1.29, 1.82) is 0 Å². The number of benzene rings is 5. The largest absolute Gasteiger partial charge is 3.00 e. The molecule has 0 atom stereocenters. The first kappa shape index (κ1) is 104. The van der Waals surface area contributed by atoms with Crippen LogP contribution in [0.5, 0.6) is 0 Å². The number of carbonyl (C=O) groups excluding carboxylic acids is 1. The normalized spacial score (nSPS) is 11.1. The summed E-state index contributed by atoms with van der Waals surface area (Å²) in [6.07, 6.45) is 5.87. The van der Waals surface area contributed by atoms with Crippen molar-refractivity contribution < 1.29 is 170 Å². The van der Waals surface area contributed by atoms with Gasteiger partial charge in [-0.3, -0.25) is 29.9 Å². The van der Waals surface area contributed by atoms with Gasteiger partial charge >= 0.3 is 28.8 Å². The predicted octanol–water partition coefficient (Wildman–Crippen LogP) is 8.63. The van der Waals surface area contributed by atoms with Crippen molar-refractivity contribution in [2.45, 2.75) is 62.6 Å². The summed E-state index contributed by atoms with van der Waals surface area (Å²) in [5.74, 6) is -1.84. The summed E-state index contributed by atoms with van der Waals surface area (Å²) < 4.78 is 99.6. The van der Waals surface area contributed by atoms with Crippen LogP contribution < -0.4 is 30.6 Å². The molecule has 0 aliphatic carbocycles. The molecule has 5 aromatic carbocycles. The molecule has 6 aromatic heterocycles. The molecule has 34 heteroatoms. The third-order valence-electron chi connectivity index (χ3n) is 15.1. The smallest absolute Gasteiger partial charge is 2.00 e. The van der Waals surface area contributed by atoms with Crippen molar-refractivity contribution in [2.75, 3.05) is 26.3 Å². The molecule has 0 saturated heterocycles. The molecular formula is C77H65F6Mn4N8O15S-12. The van der Waals surface area contributed by atoms with E-state index >= 15 is 15.3 Å². The fourth-order valence-corrected chi connectivity index (χ4v) is 10.4. The Kier molecular flexibility index (Phi) is 45.3. The molecule has 111 heavy (non-hydrogen) atoms. The Bertz CT molecular complexity index is 4200. The Balaban J connectivity index is 0. The molecule has 3 radical (unpaired) electrons. The van der Waals surface area contributed by atoms with Crippen LogP contribution >= 0.6 is 0 Å². The van der Waals surface area contributed by atoms with Crippen molar-refractivity contribution in [3.05, 3.63) is 324 Å². The third-order valence-corrected chi connectivity index (χ3v) is 15.6. The fourth-order valence-electron chi connectivity index (χ4n) is 10.4. The molecule has 23 nitrogen and oxygen atoms in total. The number of carboxylic acid groups (broad SMARTS) is 1. The quantitative estimate of drug-likeness (QED) is 0.0139. The predicted molar refractivity (Wildman–Crippen MR) is 365 cm³/mol. The number of aromatic carboxylic acids is 1. The van der Waals surface area contributed by atoms with Gasteiger partial charge in [0.2, 0.25) is 0 Å². The van der Waals surface area contributed by atoms with Crippen LogP contribution in [-0.4, -0.2) is 92.5 Å². The monoisotopic (exact) mass is 1710 g/mol. The Morgan fingerprint density at radius 2 is 0.649 bits per heavy atom. The Morgan fingerprint density at radius 1 is 0.414 bits per heavy atom. The molecule has 0 N–H and O–H groups in total. The molecule has 11 aromatic rings. The number of alkyl halides is 6. The van der Waals surface area contributed by atoms with E-state index in [2.05, 4.69) is 39.9 Å². The molecule has 0 fully saturated rings. The number of carboxylic acids is 1. The van der Waals surface area contributed by atoms with Gasteiger partial charge in [-0.15, -0.1) is 0 Å². The zero-order valence-corrected chi connectivity index (χ0v) is 64.3. The number of ether oxygens (including phenoxy) is 1. The summed E-state index contributed by atoms with van der Waals surface area (Å²) in [5.41, 5.74) is -6.37. The second kappa shape index (κ2) is 48.4. The minimum Gasteiger partial charge on any atom is -2.00 e. The van der Waals surface area contributed by atoms with Crippen LogP contribution in [0.15, 0.2) is 272 Å². The molecular weight excluding hydrogens is 1640 g/mol. The van der Waals surface area contributed by atoms with Crippen LogP contribution in [-0.2, 0) is 128 Å².